The lowest BCUT2D eigenvalue weighted by Crippen LogP contribution is -2.37. The van der Waals surface area contributed by atoms with Gasteiger partial charge in [0.1, 0.15) is 0 Å². The highest BCUT2D eigenvalue weighted by molar-refractivity contribution is 5.86. The van der Waals surface area contributed by atoms with Crippen LogP contribution in [0.4, 0.5) is 0 Å². The minimum Gasteiger partial charge on any atom is -0.478 e. The number of aliphatic carboxylic acids is 1. The van der Waals surface area contributed by atoms with Crippen molar-refractivity contribution in [2.45, 2.75) is 6.92 Å². The van der Waals surface area contributed by atoms with Crippen LogP contribution in [-0.4, -0.2) is 48.6 Å². The van der Waals surface area contributed by atoms with Gasteiger partial charge in [0, 0.05) is 19.2 Å². The maximum Gasteiger partial charge on any atom is 0.332 e. The number of hydrogen-bond donors (Lipinski definition) is 2. The molecule has 0 aromatic carbocycles. The summed E-state index contributed by atoms with van der Waals surface area (Å²) in [5.74, 6) is -1.16. The monoisotopic (exact) mass is 200 g/mol. The molecule has 80 valence electrons. The van der Waals surface area contributed by atoms with E-state index in [4.69, 9.17) is 5.11 Å². The minimum atomic E-state index is -1.03. The number of rotatable bonds is 6. The predicted molar refractivity (Wildman–Crippen MR) is 53.0 cm³/mol. The largest absolute Gasteiger partial charge is 0.478 e. The Labute approximate surface area is 83.4 Å². The van der Waals surface area contributed by atoms with Crippen molar-refractivity contribution in [3.05, 3.63) is 12.2 Å². The summed E-state index contributed by atoms with van der Waals surface area (Å²) in [6, 6.07) is 0. The van der Waals surface area contributed by atoms with Gasteiger partial charge in [-0.05, 0) is 6.54 Å². The van der Waals surface area contributed by atoms with Gasteiger partial charge in [-0.15, -0.1) is 0 Å². The second kappa shape index (κ2) is 6.15. The van der Waals surface area contributed by atoms with E-state index >= 15 is 0 Å². The van der Waals surface area contributed by atoms with Gasteiger partial charge in [-0.25, -0.2) is 4.79 Å². The smallest absolute Gasteiger partial charge is 0.332 e. The van der Waals surface area contributed by atoms with E-state index in [2.05, 4.69) is 11.9 Å². The summed E-state index contributed by atoms with van der Waals surface area (Å²) in [4.78, 5) is 23.2. The molecule has 1 amide bonds. The maximum absolute atomic E-state index is 11.0. The quantitative estimate of drug-likeness (QED) is 0.577. The normalized spacial score (nSPS) is 9.93. The minimum absolute atomic E-state index is 0.0933. The van der Waals surface area contributed by atoms with Crippen LogP contribution in [0.3, 0.4) is 0 Å². The van der Waals surface area contributed by atoms with Crippen LogP contribution in [0, 0.1) is 0 Å². The van der Waals surface area contributed by atoms with E-state index in [9.17, 15) is 9.59 Å². The Balaban J connectivity index is 4.09. The molecule has 2 N–H and O–H groups in total. The Morgan fingerprint density at radius 3 is 2.36 bits per heavy atom. The summed E-state index contributed by atoms with van der Waals surface area (Å²) in [6.45, 7) is 6.27. The fourth-order valence-corrected chi connectivity index (χ4v) is 0.899. The second-order valence-corrected chi connectivity index (χ2v) is 2.89. The van der Waals surface area contributed by atoms with Crippen LogP contribution in [0.2, 0.25) is 0 Å². The molecule has 0 heterocycles. The molecule has 0 saturated heterocycles. The number of carbonyl (C=O) groups is 2. The van der Waals surface area contributed by atoms with E-state index in [-0.39, 0.29) is 24.6 Å². The number of hydrogen-bond acceptors (Lipinski definition) is 3. The van der Waals surface area contributed by atoms with Crippen LogP contribution in [0.15, 0.2) is 12.2 Å². The topological polar surface area (TPSA) is 69.6 Å². The maximum atomic E-state index is 11.0. The lowest BCUT2D eigenvalue weighted by Gasteiger charge is -2.18. The van der Waals surface area contributed by atoms with Crippen molar-refractivity contribution in [3.8, 4) is 0 Å². The Morgan fingerprint density at radius 2 is 2.00 bits per heavy atom. The number of carboxylic acids is 1. The van der Waals surface area contributed by atoms with Gasteiger partial charge in [-0.2, -0.15) is 0 Å². The van der Waals surface area contributed by atoms with E-state index in [1.54, 1.807) is 11.9 Å². The van der Waals surface area contributed by atoms with Crippen molar-refractivity contribution in [1.29, 1.82) is 0 Å². The zero-order valence-electron chi connectivity index (χ0n) is 8.54. The van der Waals surface area contributed by atoms with Gasteiger partial charge in [0.25, 0.3) is 0 Å². The van der Waals surface area contributed by atoms with Gasteiger partial charge in [0.15, 0.2) is 0 Å². The van der Waals surface area contributed by atoms with Crippen LogP contribution >= 0.6 is 0 Å². The molecule has 0 fully saturated rings. The second-order valence-electron chi connectivity index (χ2n) is 2.89. The van der Waals surface area contributed by atoms with Crippen LogP contribution in [0.1, 0.15) is 6.92 Å². The van der Waals surface area contributed by atoms with Crippen molar-refractivity contribution < 1.29 is 14.7 Å². The van der Waals surface area contributed by atoms with Crippen molar-refractivity contribution in [2.75, 3.05) is 26.7 Å². The zero-order valence-corrected chi connectivity index (χ0v) is 8.54. The molecule has 0 saturated carbocycles. The van der Waals surface area contributed by atoms with E-state index in [0.717, 1.165) is 0 Å². The van der Waals surface area contributed by atoms with Gasteiger partial charge in [0.05, 0.1) is 6.54 Å². The summed E-state index contributed by atoms with van der Waals surface area (Å²) in [7, 11) is 1.54. The molecular weight excluding hydrogens is 184 g/mol. The molecule has 0 bridgehead atoms. The molecule has 14 heavy (non-hydrogen) atoms. The third kappa shape index (κ3) is 4.61. The summed E-state index contributed by atoms with van der Waals surface area (Å²) in [6.07, 6.45) is 0. The third-order valence-electron chi connectivity index (χ3n) is 1.81. The van der Waals surface area contributed by atoms with E-state index in [1.165, 1.54) is 0 Å². The molecule has 0 spiro atoms. The number of likely N-dealkylation sites (N-methyl/N-ethyl adjacent to an activating group) is 2. The number of carbonyl (C=O) groups excluding carboxylic acids is 1. The molecule has 0 aromatic rings. The molecule has 0 rings (SSSR count). The average molecular weight is 200 g/mol. The lowest BCUT2D eigenvalue weighted by molar-refractivity contribution is -0.133. The fourth-order valence-electron chi connectivity index (χ4n) is 0.899. The third-order valence-corrected chi connectivity index (χ3v) is 1.81. The number of nitrogens with zero attached hydrogens (tertiary/aromatic N) is 1. The summed E-state index contributed by atoms with van der Waals surface area (Å²) >= 11 is 0. The van der Waals surface area contributed by atoms with Gasteiger partial charge in [-0.3, -0.25) is 9.69 Å². The number of carboxylic acid groups (broad SMARTS) is 1. The standard InChI is InChI=1S/C9H16N2O3/c1-4-11(6-8(12)10-3)5-7(2)9(13)14/h2,4-6H2,1,3H3,(H,10,12)(H,13,14). The highest BCUT2D eigenvalue weighted by Crippen LogP contribution is 1.96. The fraction of sp³-hybridized carbons (Fsp3) is 0.556. The molecule has 0 aliphatic heterocycles. The Morgan fingerprint density at radius 1 is 1.43 bits per heavy atom. The van der Waals surface area contributed by atoms with Gasteiger partial charge in [-0.1, -0.05) is 13.5 Å². The molecule has 5 nitrogen and oxygen atoms in total. The average Bonchev–Trinajstić information content (AvgIpc) is 2.16. The van der Waals surface area contributed by atoms with Crippen LogP contribution in [0.5, 0.6) is 0 Å². The van der Waals surface area contributed by atoms with Crippen molar-refractivity contribution in [1.82, 2.24) is 10.2 Å². The Bertz CT molecular complexity index is 238. The number of nitrogens with one attached hydrogen (secondary N) is 1. The van der Waals surface area contributed by atoms with Crippen molar-refractivity contribution in [3.63, 3.8) is 0 Å². The van der Waals surface area contributed by atoms with E-state index in [1.807, 2.05) is 6.92 Å². The van der Waals surface area contributed by atoms with Gasteiger partial charge < -0.3 is 10.4 Å². The highest BCUT2D eigenvalue weighted by atomic mass is 16.4. The van der Waals surface area contributed by atoms with Crippen LogP contribution < -0.4 is 5.32 Å². The van der Waals surface area contributed by atoms with Gasteiger partial charge >= 0.3 is 5.97 Å². The SMILES string of the molecule is C=C(CN(CC)CC(=O)NC)C(=O)O. The first kappa shape index (κ1) is 12.6. The Kier molecular flexibility index (Phi) is 5.55. The first-order chi connectivity index (χ1) is 6.51. The van der Waals surface area contributed by atoms with Crippen LogP contribution in [-0.2, 0) is 9.59 Å². The summed E-state index contributed by atoms with van der Waals surface area (Å²) in [5.41, 5.74) is 0.0933. The molecule has 5 heteroatoms. The molecule has 0 radical (unpaired) electrons. The molecule has 0 aliphatic carbocycles. The number of amides is 1. The molecular formula is C9H16N2O3. The first-order valence-electron chi connectivity index (χ1n) is 4.35. The predicted octanol–water partition coefficient (Wildman–Crippen LogP) is -0.305. The molecule has 0 atom stereocenters. The van der Waals surface area contributed by atoms with Crippen molar-refractivity contribution >= 4 is 11.9 Å². The first-order valence-corrected chi connectivity index (χ1v) is 4.35. The molecule has 0 aliphatic rings. The van der Waals surface area contributed by atoms with Crippen molar-refractivity contribution in [2.24, 2.45) is 0 Å². The summed E-state index contributed by atoms with van der Waals surface area (Å²) in [5, 5.41) is 11.1. The zero-order chi connectivity index (χ0) is 11.1. The van der Waals surface area contributed by atoms with E-state index < -0.39 is 5.97 Å². The van der Waals surface area contributed by atoms with Gasteiger partial charge in [0.2, 0.25) is 5.91 Å². The Hall–Kier alpha value is -1.36. The van der Waals surface area contributed by atoms with E-state index in [0.29, 0.717) is 6.54 Å². The highest BCUT2D eigenvalue weighted by Gasteiger charge is 2.12. The molecule has 0 unspecified atom stereocenters. The summed E-state index contributed by atoms with van der Waals surface area (Å²) < 4.78 is 0. The lowest BCUT2D eigenvalue weighted by atomic mass is 10.3. The van der Waals surface area contributed by atoms with Crippen LogP contribution in [0.25, 0.3) is 0 Å². The molecule has 0 aromatic heterocycles.